The molecule has 3 N–H and O–H groups in total. The van der Waals surface area contributed by atoms with E-state index in [0.717, 1.165) is 102 Å². The summed E-state index contributed by atoms with van der Waals surface area (Å²) in [6, 6.07) is 0. The molecule has 0 fully saturated rings. The van der Waals surface area contributed by atoms with Gasteiger partial charge in [-0.1, -0.05) is 242 Å². The van der Waals surface area contributed by atoms with Crippen LogP contribution in [0.3, 0.4) is 0 Å². The summed E-state index contributed by atoms with van der Waals surface area (Å²) in [7, 11) is -9.88. The molecular weight excluding hydrogens is 1080 g/mol. The average molecular weight is 1200 g/mol. The lowest BCUT2D eigenvalue weighted by Crippen LogP contribution is -2.30. The molecule has 0 aliphatic heterocycles. The smallest absolute Gasteiger partial charge is 0.462 e. The zero-order valence-electron chi connectivity index (χ0n) is 52.4. The number of hydrogen-bond acceptors (Lipinski definition) is 15. The molecule has 0 heterocycles. The van der Waals surface area contributed by atoms with Crippen molar-refractivity contribution in [2.24, 2.45) is 23.7 Å². The molecule has 0 aromatic rings. The SMILES string of the molecule is CC(C)CCCCCCCCCCCC(=O)OC[C@H](COP(=O)(O)OCC(O)COP(=O)(O)OC[C@@H](COC(=O)CCCCCCCCCCC(C)C)OC(=O)CCCCCCCCC(C)C)OC(=O)CCCCCCCCC(C)C. The lowest BCUT2D eigenvalue weighted by molar-refractivity contribution is -0.161. The van der Waals surface area contributed by atoms with Crippen molar-refractivity contribution in [1.29, 1.82) is 0 Å². The summed E-state index contributed by atoms with van der Waals surface area (Å²) in [5.41, 5.74) is 0. The lowest BCUT2D eigenvalue weighted by atomic mass is 10.0. The van der Waals surface area contributed by atoms with E-state index in [4.69, 9.17) is 37.0 Å². The summed E-state index contributed by atoms with van der Waals surface area (Å²) in [6.45, 7) is 13.8. The second-order valence-electron chi connectivity index (χ2n) is 24.3. The van der Waals surface area contributed by atoms with Crippen LogP contribution in [0, 0.1) is 23.7 Å². The van der Waals surface area contributed by atoms with Crippen molar-refractivity contribution in [3.8, 4) is 0 Å². The number of rotatable bonds is 59. The number of unbranched alkanes of at least 4 members (excludes halogenated alkanes) is 25. The number of phosphoric ester groups is 2. The van der Waals surface area contributed by atoms with Gasteiger partial charge in [-0.25, -0.2) is 9.13 Å². The van der Waals surface area contributed by atoms with Crippen LogP contribution in [0.2, 0.25) is 0 Å². The Morgan fingerprint density at radius 1 is 0.309 bits per heavy atom. The molecule has 3 unspecified atom stereocenters. The van der Waals surface area contributed by atoms with Crippen LogP contribution in [-0.4, -0.2) is 96.7 Å². The first-order valence-electron chi connectivity index (χ1n) is 32.2. The number of aliphatic hydroxyl groups excluding tert-OH is 1. The maximum absolute atomic E-state index is 12.9. The maximum Gasteiger partial charge on any atom is 0.472 e. The molecule has 0 aliphatic carbocycles. The summed E-state index contributed by atoms with van der Waals surface area (Å²) in [6.07, 6.45) is 31.1. The Bertz CT molecular complexity index is 1630. The Kier molecular flexibility index (Phi) is 51.1. The van der Waals surface area contributed by atoms with Gasteiger partial charge in [-0.05, 0) is 49.4 Å². The molecule has 0 aromatic carbocycles. The van der Waals surface area contributed by atoms with Crippen LogP contribution in [-0.2, 0) is 65.4 Å². The summed E-state index contributed by atoms with van der Waals surface area (Å²) < 4.78 is 67.8. The number of phosphoric acid groups is 2. The van der Waals surface area contributed by atoms with E-state index in [9.17, 15) is 43.2 Å². The van der Waals surface area contributed by atoms with E-state index in [1.165, 1.54) is 96.3 Å². The topological polar surface area (TPSA) is 237 Å². The number of carbonyl (C=O) groups is 4. The monoisotopic (exact) mass is 1200 g/mol. The molecule has 0 saturated heterocycles. The highest BCUT2D eigenvalue weighted by molar-refractivity contribution is 7.47. The van der Waals surface area contributed by atoms with E-state index in [1.807, 2.05) is 0 Å². The standard InChI is InChI=1S/C62H120O17P2/c1-52(2)38-30-22-14-10-9-11-16-26-34-42-59(64)72-48-57(78-61(66)44-36-28-20-18-24-32-40-54(5)6)50-76-80(68,69)74-46-56(63)47-75-81(70,71)77-51-58(79-62(67)45-37-29-21-19-25-33-41-55(7)8)49-73-60(65)43-35-27-17-13-12-15-23-31-39-53(3)4/h52-58,63H,9-51H2,1-8H3,(H,68,69)(H,70,71)/t56?,57-,58-/m1/s1. The highest BCUT2D eigenvalue weighted by atomic mass is 31.2. The molecule has 0 bridgehead atoms. The Balaban J connectivity index is 5.22. The fourth-order valence-corrected chi connectivity index (χ4v) is 10.7. The lowest BCUT2D eigenvalue weighted by Gasteiger charge is -2.21. The van der Waals surface area contributed by atoms with Gasteiger partial charge in [0.25, 0.3) is 0 Å². The van der Waals surface area contributed by atoms with Gasteiger partial charge < -0.3 is 33.8 Å². The molecule has 0 saturated carbocycles. The third-order valence-electron chi connectivity index (χ3n) is 14.1. The Morgan fingerprint density at radius 3 is 0.765 bits per heavy atom. The van der Waals surface area contributed by atoms with Crippen LogP contribution < -0.4 is 0 Å². The highest BCUT2D eigenvalue weighted by Crippen LogP contribution is 2.45. The van der Waals surface area contributed by atoms with Crippen molar-refractivity contribution >= 4 is 39.5 Å². The van der Waals surface area contributed by atoms with E-state index < -0.39 is 97.5 Å². The van der Waals surface area contributed by atoms with Crippen molar-refractivity contribution in [1.82, 2.24) is 0 Å². The first kappa shape index (κ1) is 79.1. The van der Waals surface area contributed by atoms with Gasteiger partial charge in [0.2, 0.25) is 0 Å². The second-order valence-corrected chi connectivity index (χ2v) is 27.3. The molecule has 81 heavy (non-hydrogen) atoms. The predicted molar refractivity (Wildman–Crippen MR) is 321 cm³/mol. The van der Waals surface area contributed by atoms with Crippen LogP contribution in [0.4, 0.5) is 0 Å². The summed E-state index contributed by atoms with van der Waals surface area (Å²) in [4.78, 5) is 72.0. The van der Waals surface area contributed by atoms with Gasteiger partial charge in [0.15, 0.2) is 12.2 Å². The fraction of sp³-hybridized carbons (Fsp3) is 0.935. The molecule has 0 aliphatic rings. The summed E-state index contributed by atoms with van der Waals surface area (Å²) >= 11 is 0. The third kappa shape index (κ3) is 56.9. The minimum atomic E-state index is -4.94. The van der Waals surface area contributed by atoms with Crippen LogP contribution in [0.5, 0.6) is 0 Å². The van der Waals surface area contributed by atoms with Gasteiger partial charge >= 0.3 is 39.5 Å². The van der Waals surface area contributed by atoms with Crippen LogP contribution in [0.25, 0.3) is 0 Å². The molecule has 19 heteroatoms. The van der Waals surface area contributed by atoms with Crippen molar-refractivity contribution in [2.45, 2.75) is 311 Å². The molecule has 0 radical (unpaired) electrons. The van der Waals surface area contributed by atoms with Gasteiger partial charge in [-0.15, -0.1) is 0 Å². The summed E-state index contributed by atoms with van der Waals surface area (Å²) in [5.74, 6) is 0.659. The van der Waals surface area contributed by atoms with Crippen molar-refractivity contribution in [2.75, 3.05) is 39.6 Å². The first-order valence-corrected chi connectivity index (χ1v) is 35.2. The molecule has 5 atom stereocenters. The molecule has 0 spiro atoms. The highest BCUT2D eigenvalue weighted by Gasteiger charge is 2.30. The number of ether oxygens (including phenoxy) is 4. The molecule has 0 amide bonds. The minimum absolute atomic E-state index is 0.101. The second kappa shape index (κ2) is 52.4. The molecule has 0 rings (SSSR count). The van der Waals surface area contributed by atoms with Crippen molar-refractivity contribution in [3.63, 3.8) is 0 Å². The zero-order valence-corrected chi connectivity index (χ0v) is 54.2. The molecule has 17 nitrogen and oxygen atoms in total. The van der Waals surface area contributed by atoms with E-state index in [1.54, 1.807) is 0 Å². The average Bonchev–Trinajstić information content (AvgIpc) is 3.40. The normalized spacial score (nSPS) is 14.5. The van der Waals surface area contributed by atoms with Gasteiger partial charge in [0, 0.05) is 25.7 Å². The molecule has 0 aromatic heterocycles. The van der Waals surface area contributed by atoms with E-state index in [0.29, 0.717) is 37.5 Å². The van der Waals surface area contributed by atoms with Gasteiger partial charge in [-0.3, -0.25) is 37.3 Å². The Labute approximate surface area is 492 Å². The number of esters is 4. The van der Waals surface area contributed by atoms with E-state index >= 15 is 0 Å². The first-order chi connectivity index (χ1) is 38.6. The van der Waals surface area contributed by atoms with Crippen molar-refractivity contribution < 1.29 is 80.2 Å². The van der Waals surface area contributed by atoms with Crippen molar-refractivity contribution in [3.05, 3.63) is 0 Å². The number of carbonyl (C=O) groups excluding carboxylic acids is 4. The van der Waals surface area contributed by atoms with Gasteiger partial charge in [0.05, 0.1) is 26.4 Å². The van der Waals surface area contributed by atoms with E-state index in [2.05, 4.69) is 55.4 Å². The zero-order chi connectivity index (χ0) is 60.4. The third-order valence-corrected chi connectivity index (χ3v) is 16.0. The minimum Gasteiger partial charge on any atom is -0.462 e. The number of hydrogen-bond donors (Lipinski definition) is 3. The maximum atomic E-state index is 12.9. The van der Waals surface area contributed by atoms with Crippen LogP contribution >= 0.6 is 15.6 Å². The summed E-state index contributed by atoms with van der Waals surface area (Å²) in [5, 5.41) is 10.5. The predicted octanol–water partition coefficient (Wildman–Crippen LogP) is 16.6. The van der Waals surface area contributed by atoms with Gasteiger partial charge in [0.1, 0.15) is 19.3 Å². The molecule has 480 valence electrons. The van der Waals surface area contributed by atoms with Gasteiger partial charge in [-0.2, -0.15) is 0 Å². The van der Waals surface area contributed by atoms with Crippen LogP contribution in [0.1, 0.15) is 293 Å². The Hall–Kier alpha value is -1.94. The van der Waals surface area contributed by atoms with E-state index in [-0.39, 0.29) is 25.7 Å². The fourth-order valence-electron chi connectivity index (χ4n) is 9.08. The number of aliphatic hydroxyl groups is 1. The molecular formula is C62H120O17P2. The van der Waals surface area contributed by atoms with Crippen LogP contribution in [0.15, 0.2) is 0 Å². The quantitative estimate of drug-likeness (QED) is 0.0222. The largest absolute Gasteiger partial charge is 0.472 e. The Morgan fingerprint density at radius 2 is 0.519 bits per heavy atom.